The zero-order valence-electron chi connectivity index (χ0n) is 17.0. The Morgan fingerprint density at radius 3 is 2.73 bits per heavy atom. The number of benzene rings is 2. The third-order valence-corrected chi connectivity index (χ3v) is 6.17. The van der Waals surface area contributed by atoms with Crippen LogP contribution in [0.25, 0.3) is 22.3 Å². The average Bonchev–Trinajstić information content (AvgIpc) is 3.34. The number of aliphatic hydroxyl groups excluding tert-OH is 1. The minimum Gasteiger partial charge on any atom is -0.510 e. The lowest BCUT2D eigenvalue weighted by Gasteiger charge is -2.12. The summed E-state index contributed by atoms with van der Waals surface area (Å²) in [4.78, 5) is 8.96. The van der Waals surface area contributed by atoms with Crippen molar-refractivity contribution in [2.45, 2.75) is 19.0 Å². The summed E-state index contributed by atoms with van der Waals surface area (Å²) in [6, 6.07) is 15.9. The number of aryl methyl sites for hydroxylation is 2. The normalized spacial score (nSPS) is 12.1. The Balaban J connectivity index is 1.64. The van der Waals surface area contributed by atoms with E-state index in [9.17, 15) is 10.4 Å². The van der Waals surface area contributed by atoms with Crippen molar-refractivity contribution in [2.75, 3.05) is 5.75 Å². The molecule has 2 aromatic carbocycles. The second-order valence-electron chi connectivity index (χ2n) is 7.00. The van der Waals surface area contributed by atoms with Crippen molar-refractivity contribution in [3.05, 3.63) is 77.6 Å². The zero-order chi connectivity index (χ0) is 21.3. The van der Waals surface area contributed by atoms with Gasteiger partial charge in [-0.3, -0.25) is 4.57 Å². The molecule has 0 unspecified atom stereocenters. The molecule has 2 heterocycles. The third-order valence-electron chi connectivity index (χ3n) is 5.19. The van der Waals surface area contributed by atoms with E-state index in [1.165, 1.54) is 22.9 Å². The molecule has 0 saturated heterocycles. The fourth-order valence-electron chi connectivity index (χ4n) is 3.39. The number of rotatable bonds is 5. The maximum absolute atomic E-state index is 10.7. The average molecular weight is 416 g/mol. The highest BCUT2D eigenvalue weighted by Gasteiger charge is 2.17. The molecule has 0 spiro atoms. The predicted molar refractivity (Wildman–Crippen MR) is 120 cm³/mol. The molecule has 0 aliphatic heterocycles. The number of para-hydroxylation sites is 2. The van der Waals surface area contributed by atoms with Gasteiger partial charge < -0.3 is 9.67 Å². The summed E-state index contributed by atoms with van der Waals surface area (Å²) >= 11 is 1.38. The van der Waals surface area contributed by atoms with Crippen molar-refractivity contribution < 1.29 is 5.11 Å². The topological polar surface area (TPSA) is 79.7 Å². The highest BCUT2D eigenvalue weighted by molar-refractivity contribution is 7.99. The van der Waals surface area contributed by atoms with Crippen LogP contribution in [0.5, 0.6) is 0 Å². The maximum Gasteiger partial charge on any atom is 0.173 e. The first-order chi connectivity index (χ1) is 14.5. The number of hydrogen-bond acceptors (Lipinski definition) is 5. The molecule has 4 rings (SSSR count). The fourth-order valence-corrected chi connectivity index (χ4v) is 4.24. The van der Waals surface area contributed by atoms with E-state index in [1.54, 1.807) is 6.20 Å². The standard InChI is InChI=1S/C23H21N5OS/c1-15-7-6-10-19(16(15)2)28-12-11-25-23(28)30-14-21(29)17(13-24)22-26-18-8-4-5-9-20(18)27(22)3/h4-12,29H,14H2,1-3H3/b21-17-. The number of nitrogens with zero attached hydrogens (tertiary/aromatic N) is 5. The second-order valence-corrected chi connectivity index (χ2v) is 7.95. The van der Waals surface area contributed by atoms with E-state index in [0.29, 0.717) is 5.82 Å². The molecular formula is C23H21N5OS. The van der Waals surface area contributed by atoms with Gasteiger partial charge in [0.05, 0.1) is 22.5 Å². The van der Waals surface area contributed by atoms with Gasteiger partial charge in [-0.2, -0.15) is 5.26 Å². The van der Waals surface area contributed by atoms with Gasteiger partial charge in [-0.1, -0.05) is 36.0 Å². The molecule has 30 heavy (non-hydrogen) atoms. The quantitative estimate of drug-likeness (QED) is 0.283. The molecule has 0 aliphatic carbocycles. The van der Waals surface area contributed by atoms with Gasteiger partial charge in [-0.25, -0.2) is 9.97 Å². The molecular weight excluding hydrogens is 394 g/mol. The summed E-state index contributed by atoms with van der Waals surface area (Å²) in [5, 5.41) is 21.2. The van der Waals surface area contributed by atoms with Crippen LogP contribution in [-0.2, 0) is 7.05 Å². The Labute approximate surface area is 179 Å². The van der Waals surface area contributed by atoms with Crippen LogP contribution in [0.15, 0.2) is 65.8 Å². The maximum atomic E-state index is 10.7. The summed E-state index contributed by atoms with van der Waals surface area (Å²) in [7, 11) is 1.84. The van der Waals surface area contributed by atoms with Gasteiger partial charge in [0.2, 0.25) is 0 Å². The van der Waals surface area contributed by atoms with Gasteiger partial charge >= 0.3 is 0 Å². The molecule has 0 bridgehead atoms. The third kappa shape index (κ3) is 3.46. The molecule has 1 N–H and O–H groups in total. The monoisotopic (exact) mass is 415 g/mol. The number of thioether (sulfide) groups is 1. The Hall–Kier alpha value is -3.50. The number of allylic oxidation sites excluding steroid dienone is 1. The smallest absolute Gasteiger partial charge is 0.173 e. The van der Waals surface area contributed by atoms with Crippen LogP contribution < -0.4 is 0 Å². The first-order valence-electron chi connectivity index (χ1n) is 9.48. The first kappa shape index (κ1) is 19.8. The highest BCUT2D eigenvalue weighted by atomic mass is 32.2. The Morgan fingerprint density at radius 2 is 1.97 bits per heavy atom. The lowest BCUT2D eigenvalue weighted by Crippen LogP contribution is -2.02. The minimum absolute atomic E-state index is 0.0172. The van der Waals surface area contributed by atoms with Crippen molar-refractivity contribution in [1.82, 2.24) is 19.1 Å². The molecule has 2 aromatic heterocycles. The van der Waals surface area contributed by atoms with E-state index in [-0.39, 0.29) is 17.1 Å². The van der Waals surface area contributed by atoms with Crippen molar-refractivity contribution in [2.24, 2.45) is 7.05 Å². The van der Waals surface area contributed by atoms with E-state index in [2.05, 4.69) is 36.0 Å². The van der Waals surface area contributed by atoms with Crippen LogP contribution in [0.3, 0.4) is 0 Å². The van der Waals surface area contributed by atoms with Gasteiger partial charge in [0, 0.05) is 19.4 Å². The van der Waals surface area contributed by atoms with Crippen LogP contribution in [0, 0.1) is 25.2 Å². The summed E-state index contributed by atoms with van der Waals surface area (Å²) in [6.45, 7) is 4.16. The van der Waals surface area contributed by atoms with Crippen LogP contribution in [-0.4, -0.2) is 30.0 Å². The molecule has 0 amide bonds. The van der Waals surface area contributed by atoms with E-state index < -0.39 is 0 Å². The molecule has 0 fully saturated rings. The van der Waals surface area contributed by atoms with Crippen LogP contribution in [0.4, 0.5) is 0 Å². The molecule has 7 heteroatoms. The zero-order valence-corrected chi connectivity index (χ0v) is 17.8. The van der Waals surface area contributed by atoms with Crippen molar-refractivity contribution in [1.29, 1.82) is 5.26 Å². The van der Waals surface area contributed by atoms with E-state index >= 15 is 0 Å². The number of fused-ring (bicyclic) bond motifs is 1. The SMILES string of the molecule is Cc1cccc(-n2ccnc2SC/C(O)=C(\C#N)c2nc3ccccc3n2C)c1C. The van der Waals surface area contributed by atoms with Gasteiger partial charge in [-0.15, -0.1) is 0 Å². The predicted octanol–water partition coefficient (Wildman–Crippen LogP) is 4.96. The van der Waals surface area contributed by atoms with Gasteiger partial charge in [0.1, 0.15) is 17.4 Å². The number of aliphatic hydroxyl groups is 1. The van der Waals surface area contributed by atoms with Crippen molar-refractivity contribution in [3.63, 3.8) is 0 Å². The Kier molecular flexibility index (Phi) is 5.34. The van der Waals surface area contributed by atoms with Gasteiger partial charge in [0.25, 0.3) is 0 Å². The molecule has 0 aliphatic rings. The molecule has 6 nitrogen and oxygen atoms in total. The number of imidazole rings is 2. The largest absolute Gasteiger partial charge is 0.510 e. The van der Waals surface area contributed by atoms with Crippen LogP contribution >= 0.6 is 11.8 Å². The van der Waals surface area contributed by atoms with E-state index in [4.69, 9.17) is 0 Å². The number of hydrogen-bond donors (Lipinski definition) is 1. The minimum atomic E-state index is -0.0172. The highest BCUT2D eigenvalue weighted by Crippen LogP contribution is 2.28. The summed E-state index contributed by atoms with van der Waals surface area (Å²) in [5.41, 5.74) is 5.29. The summed E-state index contributed by atoms with van der Waals surface area (Å²) < 4.78 is 3.83. The van der Waals surface area contributed by atoms with E-state index in [0.717, 1.165) is 21.9 Å². The number of aromatic nitrogens is 4. The van der Waals surface area contributed by atoms with Gasteiger partial charge in [-0.05, 0) is 43.2 Å². The van der Waals surface area contributed by atoms with Crippen molar-refractivity contribution >= 4 is 28.4 Å². The molecule has 4 aromatic rings. The lowest BCUT2D eigenvalue weighted by molar-refractivity contribution is 0.420. The Bertz CT molecular complexity index is 1310. The Morgan fingerprint density at radius 1 is 1.17 bits per heavy atom. The van der Waals surface area contributed by atoms with Crippen molar-refractivity contribution in [3.8, 4) is 11.8 Å². The van der Waals surface area contributed by atoms with E-state index in [1.807, 2.05) is 58.8 Å². The van der Waals surface area contributed by atoms with Gasteiger partial charge in [0.15, 0.2) is 11.0 Å². The van der Waals surface area contributed by atoms with Crippen LogP contribution in [0.2, 0.25) is 0 Å². The van der Waals surface area contributed by atoms with Crippen LogP contribution in [0.1, 0.15) is 17.0 Å². The second kappa shape index (κ2) is 8.09. The molecule has 0 atom stereocenters. The summed E-state index contributed by atoms with van der Waals surface area (Å²) in [5.74, 6) is 0.652. The molecule has 0 radical (unpaired) electrons. The number of nitriles is 1. The molecule has 0 saturated carbocycles. The lowest BCUT2D eigenvalue weighted by atomic mass is 10.1. The fraction of sp³-hybridized carbons (Fsp3) is 0.174. The first-order valence-corrected chi connectivity index (χ1v) is 10.5. The molecule has 150 valence electrons. The summed E-state index contributed by atoms with van der Waals surface area (Å²) in [6.07, 6.45) is 3.64.